The lowest BCUT2D eigenvalue weighted by Crippen LogP contribution is -2.25. The van der Waals surface area contributed by atoms with E-state index in [1.165, 1.54) is 5.56 Å². The van der Waals surface area contributed by atoms with Gasteiger partial charge >= 0.3 is 0 Å². The average Bonchev–Trinajstić information content (AvgIpc) is 2.85. The van der Waals surface area contributed by atoms with Crippen molar-refractivity contribution >= 4 is 38.6 Å². The van der Waals surface area contributed by atoms with Gasteiger partial charge < -0.3 is 10.2 Å². The molecule has 0 aliphatic carbocycles. The van der Waals surface area contributed by atoms with Crippen molar-refractivity contribution in [3.63, 3.8) is 0 Å². The third-order valence-electron chi connectivity index (χ3n) is 5.76. The smallest absolute Gasteiger partial charge is 0.252 e. The van der Waals surface area contributed by atoms with Crippen molar-refractivity contribution in [2.45, 2.75) is 20.3 Å². The van der Waals surface area contributed by atoms with Crippen molar-refractivity contribution in [1.29, 1.82) is 0 Å². The highest BCUT2D eigenvalue weighted by Crippen LogP contribution is 2.29. The minimum Gasteiger partial charge on any atom is -0.357 e. The van der Waals surface area contributed by atoms with Gasteiger partial charge in [-0.05, 0) is 77.2 Å². The molecule has 6 heteroatoms. The van der Waals surface area contributed by atoms with Crippen molar-refractivity contribution in [1.82, 2.24) is 15.3 Å². The van der Waals surface area contributed by atoms with Crippen LogP contribution in [0.15, 0.2) is 77.5 Å². The fourth-order valence-corrected chi connectivity index (χ4v) is 4.43. The summed E-state index contributed by atoms with van der Waals surface area (Å²) < 4.78 is 0.800. The Labute approximate surface area is 203 Å². The van der Waals surface area contributed by atoms with Gasteiger partial charge in [-0.1, -0.05) is 42.5 Å². The second-order valence-electron chi connectivity index (χ2n) is 7.79. The van der Waals surface area contributed by atoms with E-state index in [4.69, 9.17) is 0 Å². The molecule has 1 N–H and O–H groups in total. The maximum atomic E-state index is 12.4. The van der Waals surface area contributed by atoms with Crippen LogP contribution >= 0.6 is 15.9 Å². The summed E-state index contributed by atoms with van der Waals surface area (Å²) in [6.45, 7) is 6.64. The van der Waals surface area contributed by atoms with Crippen LogP contribution in [0, 0.1) is 0 Å². The molecule has 3 aromatic carbocycles. The monoisotopic (exact) mass is 502 g/mol. The van der Waals surface area contributed by atoms with E-state index in [2.05, 4.69) is 92.4 Å². The van der Waals surface area contributed by atoms with Gasteiger partial charge in [-0.15, -0.1) is 0 Å². The molecule has 0 saturated heterocycles. The van der Waals surface area contributed by atoms with Crippen LogP contribution in [0.2, 0.25) is 0 Å². The number of hydrogen-bond donors (Lipinski definition) is 1. The topological polar surface area (TPSA) is 58.1 Å². The largest absolute Gasteiger partial charge is 0.357 e. The highest BCUT2D eigenvalue weighted by Gasteiger charge is 2.11. The molecule has 1 amide bonds. The number of benzene rings is 3. The molecule has 0 spiro atoms. The number of fused-ring (bicyclic) bond motifs is 1. The summed E-state index contributed by atoms with van der Waals surface area (Å²) in [5, 5.41) is 4.07. The van der Waals surface area contributed by atoms with Gasteiger partial charge in [-0.3, -0.25) is 4.79 Å². The Kier molecular flexibility index (Phi) is 7.35. The number of hydrogen-bond acceptors (Lipinski definition) is 4. The second kappa shape index (κ2) is 10.6. The Morgan fingerprint density at radius 2 is 1.73 bits per heavy atom. The normalized spacial score (nSPS) is 10.9. The SMILES string of the molecule is CCN(CC)c1ncnc2ccc(-c3cccc(CCNC(=O)c4ccccc4Br)c3)cc12. The minimum absolute atomic E-state index is 0.0721. The average molecular weight is 503 g/mol. The zero-order valence-corrected chi connectivity index (χ0v) is 20.5. The van der Waals surface area contributed by atoms with Crippen molar-refractivity contribution in [2.24, 2.45) is 0 Å². The Bertz CT molecular complexity index is 1270. The van der Waals surface area contributed by atoms with Crippen molar-refractivity contribution < 1.29 is 4.79 Å². The van der Waals surface area contributed by atoms with Gasteiger partial charge in [0.1, 0.15) is 12.1 Å². The fraction of sp³-hybridized carbons (Fsp3) is 0.222. The number of carbonyl (C=O) groups excluding carboxylic acids is 1. The maximum absolute atomic E-state index is 12.4. The molecule has 1 heterocycles. The molecule has 1 aromatic heterocycles. The van der Waals surface area contributed by atoms with Crippen molar-refractivity contribution in [3.05, 3.63) is 88.7 Å². The Morgan fingerprint density at radius 3 is 2.52 bits per heavy atom. The summed E-state index contributed by atoms with van der Waals surface area (Å²) in [7, 11) is 0. The lowest BCUT2D eigenvalue weighted by atomic mass is 10.00. The van der Waals surface area contributed by atoms with Crippen LogP contribution in [0.1, 0.15) is 29.8 Å². The second-order valence-corrected chi connectivity index (χ2v) is 8.64. The van der Waals surface area contributed by atoms with E-state index in [0.717, 1.165) is 51.8 Å². The maximum Gasteiger partial charge on any atom is 0.252 e. The number of aromatic nitrogens is 2. The molecule has 0 bridgehead atoms. The minimum atomic E-state index is -0.0721. The highest BCUT2D eigenvalue weighted by molar-refractivity contribution is 9.10. The first-order valence-corrected chi connectivity index (χ1v) is 12.0. The molecule has 0 saturated carbocycles. The van der Waals surface area contributed by atoms with Crippen LogP contribution in [0.3, 0.4) is 0 Å². The number of rotatable bonds is 8. The third kappa shape index (κ3) is 5.22. The molecule has 0 unspecified atom stereocenters. The van der Waals surface area contributed by atoms with Crippen LogP contribution < -0.4 is 10.2 Å². The van der Waals surface area contributed by atoms with Crippen LogP contribution in [-0.2, 0) is 6.42 Å². The predicted molar refractivity (Wildman–Crippen MR) is 139 cm³/mol. The number of nitrogens with one attached hydrogen (secondary N) is 1. The van der Waals surface area contributed by atoms with Crippen molar-refractivity contribution in [2.75, 3.05) is 24.5 Å². The van der Waals surface area contributed by atoms with Gasteiger partial charge in [0.15, 0.2) is 0 Å². The lowest BCUT2D eigenvalue weighted by Gasteiger charge is -2.21. The quantitative estimate of drug-likeness (QED) is 0.326. The summed E-state index contributed by atoms with van der Waals surface area (Å²) in [5.41, 5.74) is 5.04. The summed E-state index contributed by atoms with van der Waals surface area (Å²) in [6.07, 6.45) is 2.39. The van der Waals surface area contributed by atoms with Gasteiger partial charge in [0.25, 0.3) is 5.91 Å². The lowest BCUT2D eigenvalue weighted by molar-refractivity contribution is 0.0953. The van der Waals surface area contributed by atoms with E-state index in [1.807, 2.05) is 24.3 Å². The molecule has 0 fully saturated rings. The fourth-order valence-electron chi connectivity index (χ4n) is 3.97. The molecule has 0 radical (unpaired) electrons. The van der Waals surface area contributed by atoms with Crippen LogP contribution in [0.5, 0.6) is 0 Å². The van der Waals surface area contributed by atoms with E-state index < -0.39 is 0 Å². The summed E-state index contributed by atoms with van der Waals surface area (Å²) >= 11 is 3.44. The van der Waals surface area contributed by atoms with Gasteiger partial charge in [-0.2, -0.15) is 0 Å². The van der Waals surface area contributed by atoms with Gasteiger partial charge in [-0.25, -0.2) is 9.97 Å². The van der Waals surface area contributed by atoms with E-state index >= 15 is 0 Å². The number of halogens is 1. The van der Waals surface area contributed by atoms with Gasteiger partial charge in [0.05, 0.1) is 11.1 Å². The van der Waals surface area contributed by atoms with Crippen molar-refractivity contribution in [3.8, 4) is 11.1 Å². The third-order valence-corrected chi connectivity index (χ3v) is 6.45. The molecule has 4 aromatic rings. The van der Waals surface area contributed by atoms with E-state index in [0.29, 0.717) is 12.1 Å². The Morgan fingerprint density at radius 1 is 0.939 bits per heavy atom. The first kappa shape index (κ1) is 22.9. The molecule has 33 heavy (non-hydrogen) atoms. The summed E-state index contributed by atoms with van der Waals surface area (Å²) in [5.74, 6) is 0.898. The van der Waals surface area contributed by atoms with Crippen LogP contribution in [-0.4, -0.2) is 35.5 Å². The van der Waals surface area contributed by atoms with Gasteiger partial charge in [0.2, 0.25) is 0 Å². The molecular formula is C27H27BrN4O. The highest BCUT2D eigenvalue weighted by atomic mass is 79.9. The number of anilines is 1. The number of carbonyl (C=O) groups is 1. The molecule has 0 atom stereocenters. The van der Waals surface area contributed by atoms with E-state index in [9.17, 15) is 4.79 Å². The predicted octanol–water partition coefficient (Wildman–Crippen LogP) is 5.88. The molecule has 0 aliphatic heterocycles. The standard InChI is InChI=1S/C27H27BrN4O/c1-3-32(4-2)26-23-17-21(12-13-25(23)30-18-31-26)20-9-7-8-19(16-20)14-15-29-27(33)22-10-5-6-11-24(22)28/h5-13,16-18H,3-4,14-15H2,1-2H3,(H,29,33). The summed E-state index contributed by atoms with van der Waals surface area (Å²) in [6, 6.07) is 22.3. The number of amides is 1. The van der Waals surface area contributed by atoms with Gasteiger partial charge in [0, 0.05) is 29.5 Å². The zero-order chi connectivity index (χ0) is 23.2. The Balaban J connectivity index is 1.52. The first-order valence-electron chi connectivity index (χ1n) is 11.2. The van der Waals surface area contributed by atoms with Crippen LogP contribution in [0.4, 0.5) is 5.82 Å². The van der Waals surface area contributed by atoms with Crippen LogP contribution in [0.25, 0.3) is 22.0 Å². The summed E-state index contributed by atoms with van der Waals surface area (Å²) in [4.78, 5) is 23.7. The zero-order valence-electron chi connectivity index (χ0n) is 18.9. The molecule has 5 nitrogen and oxygen atoms in total. The van der Waals surface area contributed by atoms with E-state index in [1.54, 1.807) is 6.33 Å². The molecule has 168 valence electrons. The number of nitrogens with zero attached hydrogens (tertiary/aromatic N) is 3. The molecule has 0 aliphatic rings. The van der Waals surface area contributed by atoms with E-state index in [-0.39, 0.29) is 5.91 Å². The Hall–Kier alpha value is -3.25. The first-order chi connectivity index (χ1) is 16.1. The molecular weight excluding hydrogens is 476 g/mol. The molecule has 4 rings (SSSR count).